The molecule has 3 aromatic rings. The van der Waals surface area contributed by atoms with E-state index in [1.54, 1.807) is 4.68 Å². The third-order valence-electron chi connectivity index (χ3n) is 6.53. The number of benzene rings is 1. The summed E-state index contributed by atoms with van der Waals surface area (Å²) in [7, 11) is 0. The molecule has 1 fully saturated rings. The number of carbonyl (C=O) groups is 1. The van der Waals surface area contributed by atoms with Gasteiger partial charge in [0.05, 0.1) is 11.1 Å². The molecule has 0 aliphatic heterocycles. The van der Waals surface area contributed by atoms with E-state index in [-0.39, 0.29) is 5.91 Å². The van der Waals surface area contributed by atoms with Crippen LogP contribution < -0.4 is 10.6 Å². The molecule has 7 nitrogen and oxygen atoms in total. The fourth-order valence-electron chi connectivity index (χ4n) is 4.41. The summed E-state index contributed by atoms with van der Waals surface area (Å²) >= 11 is 6.04. The average Bonchev–Trinajstić information content (AvgIpc) is 3.40. The van der Waals surface area contributed by atoms with Crippen LogP contribution in [0, 0.1) is 20.8 Å². The first kappa shape index (κ1) is 22.3. The quantitative estimate of drug-likeness (QED) is 0.522. The maximum atomic E-state index is 13.1. The number of hydrogen-bond donors (Lipinski definition) is 2. The van der Waals surface area contributed by atoms with E-state index < -0.39 is 5.41 Å². The highest BCUT2D eigenvalue weighted by molar-refractivity contribution is 6.30. The van der Waals surface area contributed by atoms with Crippen LogP contribution in [0.2, 0.25) is 5.02 Å². The van der Waals surface area contributed by atoms with Gasteiger partial charge < -0.3 is 10.6 Å². The second-order valence-electron chi connectivity index (χ2n) is 8.46. The maximum absolute atomic E-state index is 13.1. The molecule has 168 valence electrons. The van der Waals surface area contributed by atoms with Crippen molar-refractivity contribution in [2.24, 2.45) is 0 Å². The van der Waals surface area contributed by atoms with Crippen molar-refractivity contribution >= 4 is 23.3 Å². The number of aromatic nitrogens is 4. The molecule has 0 bridgehead atoms. The lowest BCUT2D eigenvalue weighted by Crippen LogP contribution is -2.44. The molecule has 1 aliphatic carbocycles. The van der Waals surface area contributed by atoms with Gasteiger partial charge in [-0.2, -0.15) is 5.10 Å². The number of aryl methyl sites for hydroxylation is 1. The third-order valence-corrected chi connectivity index (χ3v) is 6.78. The van der Waals surface area contributed by atoms with Gasteiger partial charge in [-0.05, 0) is 69.0 Å². The standard InChI is InChI=1S/C24H29ClN6O/c1-16-17(2)30-31(18(16)3)22-11-10-21(28-29-22)26-14-15-27-23(32)24(12-4-5-13-24)19-6-8-20(25)9-7-19/h6-11H,4-5,12-15H2,1-3H3,(H,26,28)(H,27,32). The lowest BCUT2D eigenvalue weighted by atomic mass is 9.78. The Bertz CT molecular complexity index is 1080. The third kappa shape index (κ3) is 4.35. The number of halogens is 1. The molecular weight excluding hydrogens is 424 g/mol. The molecular formula is C24H29ClN6O. The van der Waals surface area contributed by atoms with Gasteiger partial charge in [-0.1, -0.05) is 36.6 Å². The molecule has 8 heteroatoms. The summed E-state index contributed by atoms with van der Waals surface area (Å²) in [5.41, 5.74) is 3.79. The van der Waals surface area contributed by atoms with Crippen LogP contribution in [0.1, 0.15) is 48.2 Å². The van der Waals surface area contributed by atoms with E-state index >= 15 is 0 Å². The van der Waals surface area contributed by atoms with E-state index in [1.807, 2.05) is 50.2 Å². The molecule has 4 rings (SSSR count). The summed E-state index contributed by atoms with van der Waals surface area (Å²) in [6.45, 7) is 7.13. The van der Waals surface area contributed by atoms with Crippen molar-refractivity contribution in [2.75, 3.05) is 18.4 Å². The average molecular weight is 453 g/mol. The van der Waals surface area contributed by atoms with Gasteiger partial charge in [-0.3, -0.25) is 4.79 Å². The van der Waals surface area contributed by atoms with Gasteiger partial charge in [0.25, 0.3) is 0 Å². The van der Waals surface area contributed by atoms with Gasteiger partial charge in [0.1, 0.15) is 5.82 Å². The minimum absolute atomic E-state index is 0.0838. The molecule has 2 N–H and O–H groups in total. The molecule has 0 spiro atoms. The van der Waals surface area contributed by atoms with Crippen molar-refractivity contribution < 1.29 is 4.79 Å². The van der Waals surface area contributed by atoms with E-state index in [9.17, 15) is 4.79 Å². The molecule has 2 heterocycles. The van der Waals surface area contributed by atoms with Crippen LogP contribution in [0.25, 0.3) is 5.82 Å². The molecule has 32 heavy (non-hydrogen) atoms. The number of anilines is 1. The maximum Gasteiger partial charge on any atom is 0.230 e. The minimum Gasteiger partial charge on any atom is -0.367 e. The summed E-state index contributed by atoms with van der Waals surface area (Å²) < 4.78 is 1.81. The van der Waals surface area contributed by atoms with Gasteiger partial charge in [0, 0.05) is 23.8 Å². The van der Waals surface area contributed by atoms with Gasteiger partial charge in [-0.25, -0.2) is 4.68 Å². The Morgan fingerprint density at radius 1 is 1.03 bits per heavy atom. The number of nitrogens with one attached hydrogen (secondary N) is 2. The largest absolute Gasteiger partial charge is 0.367 e. The highest BCUT2D eigenvalue weighted by atomic mass is 35.5. The Hall–Kier alpha value is -2.93. The SMILES string of the molecule is Cc1nn(-c2ccc(NCCNC(=O)C3(c4ccc(Cl)cc4)CCCC3)nn2)c(C)c1C. The van der Waals surface area contributed by atoms with Crippen LogP contribution in [0.4, 0.5) is 5.82 Å². The minimum atomic E-state index is -0.454. The summed E-state index contributed by atoms with van der Waals surface area (Å²) in [6, 6.07) is 11.5. The van der Waals surface area contributed by atoms with Gasteiger partial charge >= 0.3 is 0 Å². The zero-order valence-corrected chi connectivity index (χ0v) is 19.5. The monoisotopic (exact) mass is 452 g/mol. The first-order chi connectivity index (χ1) is 15.4. The molecule has 1 aromatic carbocycles. The van der Waals surface area contributed by atoms with Crippen LogP contribution in [-0.2, 0) is 10.2 Å². The summed E-state index contributed by atoms with van der Waals surface area (Å²) in [6.07, 6.45) is 3.86. The van der Waals surface area contributed by atoms with E-state index in [1.165, 1.54) is 0 Å². The van der Waals surface area contributed by atoms with E-state index in [0.29, 0.717) is 29.7 Å². The zero-order valence-electron chi connectivity index (χ0n) is 18.8. The lowest BCUT2D eigenvalue weighted by molar-refractivity contribution is -0.126. The first-order valence-corrected chi connectivity index (χ1v) is 11.4. The number of hydrogen-bond acceptors (Lipinski definition) is 5. The van der Waals surface area contributed by atoms with E-state index in [2.05, 4.69) is 32.9 Å². The highest BCUT2D eigenvalue weighted by Crippen LogP contribution is 2.41. The van der Waals surface area contributed by atoms with Crippen molar-refractivity contribution in [1.29, 1.82) is 0 Å². The molecule has 1 aliphatic rings. The molecule has 2 aromatic heterocycles. The van der Waals surface area contributed by atoms with Crippen molar-refractivity contribution in [1.82, 2.24) is 25.3 Å². The Morgan fingerprint density at radius 2 is 1.75 bits per heavy atom. The zero-order chi connectivity index (χ0) is 22.7. The number of carbonyl (C=O) groups excluding carboxylic acids is 1. The van der Waals surface area contributed by atoms with Crippen LogP contribution in [0.3, 0.4) is 0 Å². The van der Waals surface area contributed by atoms with Crippen LogP contribution in [-0.4, -0.2) is 39.0 Å². The number of nitrogens with zero attached hydrogens (tertiary/aromatic N) is 4. The predicted octanol–water partition coefficient (Wildman–Crippen LogP) is 4.28. The molecule has 0 saturated heterocycles. The second-order valence-corrected chi connectivity index (χ2v) is 8.90. The Morgan fingerprint density at radius 3 is 2.34 bits per heavy atom. The topological polar surface area (TPSA) is 84.7 Å². The van der Waals surface area contributed by atoms with Gasteiger partial charge in [-0.15, -0.1) is 10.2 Å². The Kier molecular flexibility index (Phi) is 6.46. The number of amides is 1. The van der Waals surface area contributed by atoms with Crippen molar-refractivity contribution in [3.63, 3.8) is 0 Å². The highest BCUT2D eigenvalue weighted by Gasteiger charge is 2.42. The fourth-order valence-corrected chi connectivity index (χ4v) is 4.53. The number of rotatable bonds is 7. The smallest absolute Gasteiger partial charge is 0.230 e. The normalized spacial score (nSPS) is 15.0. The summed E-state index contributed by atoms with van der Waals surface area (Å²) in [5.74, 6) is 1.43. The van der Waals surface area contributed by atoms with E-state index in [4.69, 9.17) is 11.6 Å². The van der Waals surface area contributed by atoms with Crippen molar-refractivity contribution in [2.45, 2.75) is 51.9 Å². The summed E-state index contributed by atoms with van der Waals surface area (Å²) in [5, 5.41) is 20.1. The fraction of sp³-hybridized carbons (Fsp3) is 0.417. The molecule has 1 saturated carbocycles. The summed E-state index contributed by atoms with van der Waals surface area (Å²) in [4.78, 5) is 13.1. The van der Waals surface area contributed by atoms with Crippen molar-refractivity contribution in [3.05, 3.63) is 63.9 Å². The van der Waals surface area contributed by atoms with Crippen LogP contribution in [0.15, 0.2) is 36.4 Å². The lowest BCUT2D eigenvalue weighted by Gasteiger charge is -2.28. The van der Waals surface area contributed by atoms with Crippen LogP contribution >= 0.6 is 11.6 Å². The van der Waals surface area contributed by atoms with Crippen molar-refractivity contribution in [3.8, 4) is 5.82 Å². The van der Waals surface area contributed by atoms with E-state index in [0.717, 1.165) is 48.2 Å². The van der Waals surface area contributed by atoms with Crippen LogP contribution in [0.5, 0.6) is 0 Å². The Labute approximate surface area is 193 Å². The Balaban J connectivity index is 1.33. The second kappa shape index (κ2) is 9.28. The molecule has 0 atom stereocenters. The molecule has 1 amide bonds. The van der Waals surface area contributed by atoms with Gasteiger partial charge in [0.15, 0.2) is 5.82 Å². The van der Waals surface area contributed by atoms with Gasteiger partial charge in [0.2, 0.25) is 5.91 Å². The predicted molar refractivity (Wildman–Crippen MR) is 126 cm³/mol. The molecule has 0 radical (unpaired) electrons. The molecule has 0 unspecified atom stereocenters. The first-order valence-electron chi connectivity index (χ1n) is 11.1.